The second-order valence-electron chi connectivity index (χ2n) is 5.81. The van der Waals surface area contributed by atoms with Crippen molar-refractivity contribution in [2.45, 2.75) is 26.7 Å². The smallest absolute Gasteiger partial charge is 0.227 e. The molecule has 1 atom stereocenters. The summed E-state index contributed by atoms with van der Waals surface area (Å²) in [5, 5.41) is 9.80. The highest BCUT2D eigenvalue weighted by atomic mass is 16.6. The lowest BCUT2D eigenvalue weighted by atomic mass is 9.92. The number of likely N-dealkylation sites (N-methyl/N-ethyl adjacent to an activating group) is 1. The maximum Gasteiger partial charge on any atom is 0.227 e. The van der Waals surface area contributed by atoms with E-state index in [0.29, 0.717) is 6.61 Å². The third-order valence-corrected chi connectivity index (χ3v) is 2.16. The summed E-state index contributed by atoms with van der Waals surface area (Å²) in [6.07, 6.45) is 0. The van der Waals surface area contributed by atoms with Gasteiger partial charge in [0.15, 0.2) is 0 Å². The van der Waals surface area contributed by atoms with Crippen LogP contribution in [-0.4, -0.2) is 49.8 Å². The third kappa shape index (κ3) is 4.91. The Morgan fingerprint density at radius 1 is 1.21 bits per heavy atom. The van der Waals surface area contributed by atoms with Gasteiger partial charge in [0.1, 0.15) is 13.2 Å². The van der Waals surface area contributed by atoms with Gasteiger partial charge in [-0.15, -0.1) is 0 Å². The Morgan fingerprint density at radius 3 is 1.93 bits per heavy atom. The fourth-order valence-corrected chi connectivity index (χ4v) is 0.692. The van der Waals surface area contributed by atoms with Gasteiger partial charge in [0.05, 0.1) is 21.1 Å². The topological polar surface area (TPSA) is 55.5 Å². The number of hydrogen-bond donors (Lipinski definition) is 2. The molecule has 0 aromatic heterocycles. The van der Waals surface area contributed by atoms with E-state index < -0.39 is 11.3 Å². The van der Waals surface area contributed by atoms with Gasteiger partial charge in [-0.05, 0) is 0 Å². The van der Waals surface area contributed by atoms with Crippen molar-refractivity contribution in [1.82, 2.24) is 0 Å². The molecule has 4 nitrogen and oxygen atoms in total. The predicted molar refractivity (Wildman–Crippen MR) is 57.4 cm³/mol. The van der Waals surface area contributed by atoms with Crippen LogP contribution < -0.4 is 5.73 Å². The van der Waals surface area contributed by atoms with Gasteiger partial charge in [0.25, 0.3) is 0 Å². The monoisotopic (exact) mass is 205 g/mol. The third-order valence-electron chi connectivity index (χ3n) is 2.16. The fraction of sp³-hybridized carbons (Fsp3) is 1.00. The second kappa shape index (κ2) is 4.14. The van der Waals surface area contributed by atoms with E-state index in [9.17, 15) is 5.11 Å². The summed E-state index contributed by atoms with van der Waals surface area (Å²) in [6, 6.07) is 0. The van der Waals surface area contributed by atoms with Crippen molar-refractivity contribution in [1.29, 1.82) is 0 Å². The minimum atomic E-state index is -1.55. The molecule has 0 rings (SSSR count). The molecule has 0 saturated heterocycles. The Hall–Kier alpha value is -0.160. The van der Waals surface area contributed by atoms with Crippen molar-refractivity contribution in [3.05, 3.63) is 0 Å². The lowest BCUT2D eigenvalue weighted by molar-refractivity contribution is -0.871. The zero-order valence-electron chi connectivity index (χ0n) is 10.3. The van der Waals surface area contributed by atoms with Gasteiger partial charge >= 0.3 is 0 Å². The van der Waals surface area contributed by atoms with E-state index in [1.54, 1.807) is 0 Å². The first-order valence-electron chi connectivity index (χ1n) is 4.91. The van der Waals surface area contributed by atoms with Gasteiger partial charge in [0.2, 0.25) is 5.91 Å². The van der Waals surface area contributed by atoms with E-state index >= 15 is 0 Å². The fourth-order valence-electron chi connectivity index (χ4n) is 0.692. The highest BCUT2D eigenvalue weighted by Crippen LogP contribution is 2.26. The minimum absolute atomic E-state index is 0.452. The van der Waals surface area contributed by atoms with E-state index in [4.69, 9.17) is 10.5 Å². The summed E-state index contributed by atoms with van der Waals surface area (Å²) in [5.41, 5.74) is 5.18. The zero-order chi connectivity index (χ0) is 11.6. The molecule has 0 amide bonds. The number of rotatable bonds is 4. The van der Waals surface area contributed by atoms with Gasteiger partial charge in [-0.1, -0.05) is 20.8 Å². The van der Waals surface area contributed by atoms with Gasteiger partial charge in [-0.3, -0.25) is 5.73 Å². The molecule has 3 N–H and O–H groups in total. The average Bonchev–Trinajstić information content (AvgIpc) is 1.80. The molecule has 0 aromatic carbocycles. The number of hydrogen-bond acceptors (Lipinski definition) is 3. The Bertz CT molecular complexity index is 178. The number of nitrogens with two attached hydrogens (primary N) is 1. The van der Waals surface area contributed by atoms with Crippen LogP contribution >= 0.6 is 0 Å². The molecular formula is C10H25N2O2+. The van der Waals surface area contributed by atoms with Gasteiger partial charge in [-0.25, -0.2) is 0 Å². The van der Waals surface area contributed by atoms with Gasteiger partial charge in [-0.2, -0.15) is 0 Å². The Balaban J connectivity index is 4.02. The number of nitrogens with zero attached hydrogens (tertiary/aromatic N) is 1. The van der Waals surface area contributed by atoms with E-state index in [1.165, 1.54) is 0 Å². The van der Waals surface area contributed by atoms with Crippen LogP contribution in [0.3, 0.4) is 0 Å². The SMILES string of the molecule is CC(C)(C)C(N)(O)OCC[N+](C)(C)C. The first-order valence-corrected chi connectivity index (χ1v) is 4.91. The van der Waals surface area contributed by atoms with Crippen LogP contribution in [0.5, 0.6) is 0 Å². The van der Waals surface area contributed by atoms with Crippen LogP contribution in [0.4, 0.5) is 0 Å². The summed E-state index contributed by atoms with van der Waals surface area (Å²) in [6.45, 7) is 6.81. The van der Waals surface area contributed by atoms with Crippen LogP contribution in [0.1, 0.15) is 20.8 Å². The first kappa shape index (κ1) is 13.8. The van der Waals surface area contributed by atoms with Gasteiger partial charge in [0, 0.05) is 5.41 Å². The molecule has 0 aliphatic heterocycles. The van der Waals surface area contributed by atoms with Gasteiger partial charge < -0.3 is 14.3 Å². The molecule has 0 aliphatic carbocycles. The molecule has 0 aliphatic rings. The van der Waals surface area contributed by atoms with Crippen LogP contribution in [0.2, 0.25) is 0 Å². The number of aliphatic hydroxyl groups is 1. The van der Waals surface area contributed by atoms with E-state index in [-0.39, 0.29) is 0 Å². The van der Waals surface area contributed by atoms with Crippen LogP contribution in [0.25, 0.3) is 0 Å². The summed E-state index contributed by atoms with van der Waals surface area (Å²) in [7, 11) is 6.20. The van der Waals surface area contributed by atoms with Crippen LogP contribution in [0.15, 0.2) is 0 Å². The Labute approximate surface area is 87.2 Å². The van der Waals surface area contributed by atoms with Crippen molar-refractivity contribution >= 4 is 0 Å². The molecule has 0 radical (unpaired) electrons. The summed E-state index contributed by atoms with van der Waals surface area (Å²) in [4.78, 5) is 0. The molecule has 86 valence electrons. The quantitative estimate of drug-likeness (QED) is 0.515. The summed E-state index contributed by atoms with van der Waals surface area (Å²) >= 11 is 0. The molecule has 4 heteroatoms. The van der Waals surface area contributed by atoms with Crippen LogP contribution in [0, 0.1) is 5.41 Å². The van der Waals surface area contributed by atoms with Crippen molar-refractivity contribution in [2.75, 3.05) is 34.3 Å². The molecular weight excluding hydrogens is 180 g/mol. The highest BCUT2D eigenvalue weighted by molar-refractivity contribution is 4.75. The molecule has 0 spiro atoms. The van der Waals surface area contributed by atoms with Crippen molar-refractivity contribution in [3.63, 3.8) is 0 Å². The Kier molecular flexibility index (Phi) is 4.10. The van der Waals surface area contributed by atoms with E-state index in [1.807, 2.05) is 20.8 Å². The van der Waals surface area contributed by atoms with Crippen molar-refractivity contribution < 1.29 is 14.3 Å². The molecule has 0 bridgehead atoms. The van der Waals surface area contributed by atoms with E-state index in [2.05, 4.69) is 21.1 Å². The normalized spacial score (nSPS) is 18.0. The molecule has 0 heterocycles. The minimum Gasteiger partial charge on any atom is -0.353 e. The standard InChI is InChI=1S/C10H25N2O2/c1-9(2,3)10(11,13)14-8-7-12(4,5)6/h13H,7-8,11H2,1-6H3/q+1. The Morgan fingerprint density at radius 2 is 1.64 bits per heavy atom. The molecule has 0 saturated carbocycles. The maximum absolute atomic E-state index is 9.80. The largest absolute Gasteiger partial charge is 0.353 e. The number of ether oxygens (including phenoxy) is 1. The molecule has 14 heavy (non-hydrogen) atoms. The average molecular weight is 205 g/mol. The predicted octanol–water partition coefficient (Wildman–Crippen LogP) is 0.360. The first-order chi connectivity index (χ1) is 5.96. The lowest BCUT2D eigenvalue weighted by Gasteiger charge is -2.36. The molecule has 0 fully saturated rings. The maximum atomic E-state index is 9.80. The molecule has 1 unspecified atom stereocenters. The second-order valence-corrected chi connectivity index (χ2v) is 5.81. The zero-order valence-corrected chi connectivity index (χ0v) is 10.3. The van der Waals surface area contributed by atoms with Crippen molar-refractivity contribution in [2.24, 2.45) is 11.1 Å². The van der Waals surface area contributed by atoms with E-state index in [0.717, 1.165) is 11.0 Å². The molecule has 0 aromatic rings. The van der Waals surface area contributed by atoms with Crippen molar-refractivity contribution in [3.8, 4) is 0 Å². The van der Waals surface area contributed by atoms with Crippen LogP contribution in [-0.2, 0) is 4.74 Å². The number of quaternary nitrogens is 1. The highest BCUT2D eigenvalue weighted by Gasteiger charge is 2.37. The lowest BCUT2D eigenvalue weighted by Crippen LogP contribution is -2.55. The summed E-state index contributed by atoms with van der Waals surface area (Å²) < 4.78 is 6.08. The summed E-state index contributed by atoms with van der Waals surface area (Å²) in [5.74, 6) is -1.55.